The first-order valence-corrected chi connectivity index (χ1v) is 6.81. The van der Waals surface area contributed by atoms with Gasteiger partial charge >= 0.3 is 0 Å². The lowest BCUT2D eigenvalue weighted by atomic mass is 9.89. The van der Waals surface area contributed by atoms with E-state index in [1.807, 2.05) is 6.07 Å². The molecule has 0 aromatic heterocycles. The molecule has 100 valence electrons. The third kappa shape index (κ3) is 3.45. The highest BCUT2D eigenvalue weighted by atomic mass is 35.5. The fourth-order valence-electron chi connectivity index (χ4n) is 2.49. The zero-order valence-electron chi connectivity index (χ0n) is 11.1. The van der Waals surface area contributed by atoms with Crippen LogP contribution in [0.4, 0.5) is 0 Å². The zero-order valence-corrected chi connectivity index (χ0v) is 11.8. The number of hydrogen-bond acceptors (Lipinski definition) is 3. The summed E-state index contributed by atoms with van der Waals surface area (Å²) in [6.45, 7) is 3.01. The topological polar surface area (TPSA) is 24.5 Å². The maximum Gasteiger partial charge on any atom is 0.0572 e. The third-order valence-corrected chi connectivity index (χ3v) is 3.97. The lowest BCUT2D eigenvalue weighted by Crippen LogP contribution is -2.29. The van der Waals surface area contributed by atoms with Crippen LogP contribution in [0.15, 0.2) is 18.2 Å². The van der Waals surface area contributed by atoms with E-state index in [9.17, 15) is 0 Å². The second kappa shape index (κ2) is 6.53. The second-order valence-corrected chi connectivity index (χ2v) is 5.37. The molecule has 1 aliphatic heterocycles. The van der Waals surface area contributed by atoms with Gasteiger partial charge in [-0.1, -0.05) is 23.7 Å². The lowest BCUT2D eigenvalue weighted by Gasteiger charge is -2.29. The number of halogens is 1. The number of likely N-dealkylation sites (tertiary alicyclic amines) is 1. The Labute approximate surface area is 114 Å². The number of rotatable bonds is 4. The summed E-state index contributed by atoms with van der Waals surface area (Å²) < 4.78 is 0. The van der Waals surface area contributed by atoms with E-state index in [-0.39, 0.29) is 0 Å². The predicted molar refractivity (Wildman–Crippen MR) is 74.8 cm³/mol. The van der Waals surface area contributed by atoms with E-state index in [1.54, 1.807) is 7.11 Å². The van der Waals surface area contributed by atoms with Crippen molar-refractivity contribution in [3.05, 3.63) is 34.3 Å². The van der Waals surface area contributed by atoms with Gasteiger partial charge in [-0.25, -0.2) is 0 Å². The molecule has 4 heteroatoms. The van der Waals surface area contributed by atoms with Crippen LogP contribution >= 0.6 is 11.6 Å². The van der Waals surface area contributed by atoms with Gasteiger partial charge in [0.2, 0.25) is 0 Å². The van der Waals surface area contributed by atoms with Gasteiger partial charge in [-0.3, -0.25) is 0 Å². The third-order valence-electron chi connectivity index (χ3n) is 3.64. The van der Waals surface area contributed by atoms with Crippen molar-refractivity contribution in [1.29, 1.82) is 0 Å². The molecular formula is C14H21ClN2O. The summed E-state index contributed by atoms with van der Waals surface area (Å²) in [4.78, 5) is 7.22. The number of benzene rings is 1. The number of nitrogens with one attached hydrogen (secondary N) is 1. The van der Waals surface area contributed by atoms with Crippen molar-refractivity contribution in [2.75, 3.05) is 27.2 Å². The van der Waals surface area contributed by atoms with E-state index in [0.717, 1.165) is 23.7 Å². The Bertz CT molecular complexity index is 389. The average Bonchev–Trinajstić information content (AvgIpc) is 2.38. The molecule has 1 N–H and O–H groups in total. The summed E-state index contributed by atoms with van der Waals surface area (Å²) in [5.41, 5.74) is 5.28. The monoisotopic (exact) mass is 268 g/mol. The van der Waals surface area contributed by atoms with Crippen molar-refractivity contribution in [2.24, 2.45) is 0 Å². The van der Waals surface area contributed by atoms with Gasteiger partial charge in [-0.05, 0) is 56.1 Å². The Morgan fingerprint density at radius 1 is 1.39 bits per heavy atom. The lowest BCUT2D eigenvalue weighted by molar-refractivity contribution is 0.0867. The van der Waals surface area contributed by atoms with Crippen LogP contribution in [-0.2, 0) is 11.4 Å². The van der Waals surface area contributed by atoms with Crippen LogP contribution in [0.2, 0.25) is 5.02 Å². The minimum absolute atomic E-state index is 0.609. The molecule has 0 radical (unpaired) electrons. The Morgan fingerprint density at radius 3 is 2.72 bits per heavy atom. The molecule has 1 aromatic carbocycles. The van der Waals surface area contributed by atoms with E-state index in [4.69, 9.17) is 16.4 Å². The van der Waals surface area contributed by atoms with E-state index < -0.39 is 0 Å². The fraction of sp³-hybridized carbons (Fsp3) is 0.571. The predicted octanol–water partition coefficient (Wildman–Crippen LogP) is 2.80. The van der Waals surface area contributed by atoms with Gasteiger partial charge in [0.15, 0.2) is 0 Å². The van der Waals surface area contributed by atoms with Crippen molar-refractivity contribution in [2.45, 2.75) is 25.3 Å². The second-order valence-electron chi connectivity index (χ2n) is 4.96. The highest BCUT2D eigenvalue weighted by Gasteiger charge is 2.20. The Hall–Kier alpha value is -0.610. The van der Waals surface area contributed by atoms with Gasteiger partial charge in [-0.15, -0.1) is 0 Å². The van der Waals surface area contributed by atoms with Crippen LogP contribution < -0.4 is 5.48 Å². The summed E-state index contributed by atoms with van der Waals surface area (Å²) in [5.74, 6) is 0.609. The van der Waals surface area contributed by atoms with E-state index >= 15 is 0 Å². The highest BCUT2D eigenvalue weighted by molar-refractivity contribution is 6.31. The first kappa shape index (κ1) is 13.8. The summed E-state index contributed by atoms with van der Waals surface area (Å²) in [6, 6.07) is 6.35. The maximum atomic E-state index is 6.40. The highest BCUT2D eigenvalue weighted by Crippen LogP contribution is 2.32. The van der Waals surface area contributed by atoms with Crippen molar-refractivity contribution in [3.8, 4) is 0 Å². The minimum Gasteiger partial charge on any atom is -0.306 e. The summed E-state index contributed by atoms with van der Waals surface area (Å²) in [7, 11) is 3.80. The van der Waals surface area contributed by atoms with Gasteiger partial charge < -0.3 is 9.74 Å². The number of nitrogens with zero attached hydrogens (tertiary/aromatic N) is 1. The van der Waals surface area contributed by atoms with E-state index in [0.29, 0.717) is 12.5 Å². The summed E-state index contributed by atoms with van der Waals surface area (Å²) in [5, 5.41) is 0.889. The van der Waals surface area contributed by atoms with E-state index in [2.05, 4.69) is 29.6 Å². The van der Waals surface area contributed by atoms with Gasteiger partial charge in [0, 0.05) is 11.6 Å². The van der Waals surface area contributed by atoms with Crippen molar-refractivity contribution >= 4 is 11.6 Å². The molecule has 1 saturated heterocycles. The van der Waals surface area contributed by atoms with Gasteiger partial charge in [0.05, 0.1) is 7.11 Å². The molecule has 2 rings (SSSR count). The first-order chi connectivity index (χ1) is 8.70. The molecule has 0 spiro atoms. The quantitative estimate of drug-likeness (QED) is 0.850. The molecule has 1 aromatic rings. The van der Waals surface area contributed by atoms with Crippen LogP contribution in [0.25, 0.3) is 0 Å². The molecule has 3 nitrogen and oxygen atoms in total. The maximum absolute atomic E-state index is 6.40. The molecule has 18 heavy (non-hydrogen) atoms. The molecule has 0 unspecified atom stereocenters. The summed E-state index contributed by atoms with van der Waals surface area (Å²) in [6.07, 6.45) is 2.40. The molecule has 1 fully saturated rings. The molecule has 1 heterocycles. The number of piperidine rings is 1. The van der Waals surface area contributed by atoms with Gasteiger partial charge in [0.1, 0.15) is 0 Å². The molecule has 0 aliphatic carbocycles. The summed E-state index contributed by atoms with van der Waals surface area (Å²) >= 11 is 6.40. The van der Waals surface area contributed by atoms with Crippen molar-refractivity contribution in [1.82, 2.24) is 10.4 Å². The molecule has 0 amide bonds. The van der Waals surface area contributed by atoms with Crippen LogP contribution in [0.1, 0.15) is 29.9 Å². The molecule has 1 aliphatic rings. The standard InChI is InChI=1S/C14H21ClN2O/c1-17-7-5-12(6-8-17)13-4-3-11(9-14(13)15)10-16-18-2/h3-4,9,12,16H,5-8,10H2,1-2H3. The smallest absolute Gasteiger partial charge is 0.0572 e. The van der Waals surface area contributed by atoms with Crippen LogP contribution in [0, 0.1) is 0 Å². The van der Waals surface area contributed by atoms with Crippen molar-refractivity contribution < 1.29 is 4.84 Å². The van der Waals surface area contributed by atoms with Crippen LogP contribution in [0.5, 0.6) is 0 Å². The van der Waals surface area contributed by atoms with Gasteiger partial charge in [0.25, 0.3) is 0 Å². The first-order valence-electron chi connectivity index (χ1n) is 6.43. The molecule has 0 bridgehead atoms. The van der Waals surface area contributed by atoms with Gasteiger partial charge in [-0.2, -0.15) is 5.48 Å². The molecule has 0 saturated carbocycles. The normalized spacial score (nSPS) is 18.2. The number of hydrogen-bond donors (Lipinski definition) is 1. The minimum atomic E-state index is 0.609. The molecule has 0 atom stereocenters. The van der Waals surface area contributed by atoms with E-state index in [1.165, 1.54) is 18.4 Å². The Morgan fingerprint density at radius 2 is 2.11 bits per heavy atom. The Kier molecular flexibility index (Phi) is 5.01. The average molecular weight is 269 g/mol. The van der Waals surface area contributed by atoms with Crippen molar-refractivity contribution in [3.63, 3.8) is 0 Å². The largest absolute Gasteiger partial charge is 0.306 e. The number of hydroxylamine groups is 1. The fourth-order valence-corrected chi connectivity index (χ4v) is 2.84. The zero-order chi connectivity index (χ0) is 13.0. The molecular weight excluding hydrogens is 248 g/mol. The van der Waals surface area contributed by atoms with Crippen LogP contribution in [0.3, 0.4) is 0 Å². The van der Waals surface area contributed by atoms with Crippen LogP contribution in [-0.4, -0.2) is 32.1 Å². The Balaban J connectivity index is 2.05. The SMILES string of the molecule is CONCc1ccc(C2CCN(C)CC2)c(Cl)c1.